The van der Waals surface area contributed by atoms with Crippen molar-refractivity contribution in [2.24, 2.45) is 0 Å². The molecule has 2 aliphatic heterocycles. The van der Waals surface area contributed by atoms with E-state index in [1.54, 1.807) is 11.0 Å². The van der Waals surface area contributed by atoms with Crippen LogP contribution in [0.3, 0.4) is 0 Å². The van der Waals surface area contributed by atoms with Gasteiger partial charge in [0, 0.05) is 35.5 Å². The minimum absolute atomic E-state index is 0.0975. The zero-order valence-electron chi connectivity index (χ0n) is 19.4. The standard InChI is InChI=1S/C25H30N4O4/c1-16(17-9-6-5-7-10-17)28-22(23(30)26-25(2,3)4)19-15-18(29(32)33)12-13-20(19)27-14-8-11-21(27)24(28)31/h5-7,9-10,12-13,15-16,21-22H,8,11,14H2,1-4H3,(H,26,30)/t16-,21-,22-/m0/s1. The number of anilines is 1. The van der Waals surface area contributed by atoms with Gasteiger partial charge in [0.2, 0.25) is 11.8 Å². The number of nitro groups is 1. The van der Waals surface area contributed by atoms with Crippen molar-refractivity contribution in [2.75, 3.05) is 11.4 Å². The summed E-state index contributed by atoms with van der Waals surface area (Å²) < 4.78 is 0. The molecular weight excluding hydrogens is 420 g/mol. The molecule has 0 unspecified atom stereocenters. The maximum atomic E-state index is 14.0. The first kappa shape index (κ1) is 22.8. The lowest BCUT2D eigenvalue weighted by Gasteiger charge is -2.37. The summed E-state index contributed by atoms with van der Waals surface area (Å²) in [6, 6.07) is 12.4. The van der Waals surface area contributed by atoms with Gasteiger partial charge < -0.3 is 15.1 Å². The Labute approximate surface area is 193 Å². The third-order valence-electron chi connectivity index (χ3n) is 6.34. The van der Waals surface area contributed by atoms with E-state index in [0.29, 0.717) is 24.2 Å². The van der Waals surface area contributed by atoms with Gasteiger partial charge in [-0.25, -0.2) is 0 Å². The van der Waals surface area contributed by atoms with Crippen LogP contribution in [0.25, 0.3) is 0 Å². The number of amides is 2. The van der Waals surface area contributed by atoms with Gasteiger partial charge in [0.1, 0.15) is 12.1 Å². The van der Waals surface area contributed by atoms with Gasteiger partial charge in [-0.15, -0.1) is 0 Å². The van der Waals surface area contributed by atoms with Crippen LogP contribution in [-0.2, 0) is 9.59 Å². The van der Waals surface area contributed by atoms with Crippen LogP contribution in [0.15, 0.2) is 48.5 Å². The molecule has 3 atom stereocenters. The Balaban J connectivity index is 1.94. The fraction of sp³-hybridized carbons (Fsp3) is 0.440. The quantitative estimate of drug-likeness (QED) is 0.558. The van der Waals surface area contributed by atoms with Gasteiger partial charge in [0.05, 0.1) is 11.0 Å². The minimum atomic E-state index is -0.993. The number of rotatable bonds is 4. The van der Waals surface area contributed by atoms with E-state index in [-0.39, 0.29) is 17.5 Å². The van der Waals surface area contributed by atoms with Crippen LogP contribution >= 0.6 is 0 Å². The Morgan fingerprint density at radius 3 is 2.52 bits per heavy atom. The Morgan fingerprint density at radius 1 is 1.18 bits per heavy atom. The molecule has 0 spiro atoms. The largest absolute Gasteiger partial charge is 0.359 e. The van der Waals surface area contributed by atoms with E-state index in [1.165, 1.54) is 12.1 Å². The smallest absolute Gasteiger partial charge is 0.269 e. The van der Waals surface area contributed by atoms with E-state index in [4.69, 9.17) is 0 Å². The van der Waals surface area contributed by atoms with Crippen molar-refractivity contribution >= 4 is 23.2 Å². The second kappa shape index (κ2) is 8.50. The fourth-order valence-corrected chi connectivity index (χ4v) is 4.91. The molecule has 2 amide bonds. The second-order valence-electron chi connectivity index (χ2n) is 9.83. The zero-order valence-corrected chi connectivity index (χ0v) is 19.4. The van der Waals surface area contributed by atoms with Gasteiger partial charge in [-0.05, 0) is 52.2 Å². The Kier molecular flexibility index (Phi) is 5.86. The highest BCUT2D eigenvalue weighted by Gasteiger charge is 2.47. The Hall–Kier alpha value is -3.42. The first-order valence-electron chi connectivity index (χ1n) is 11.3. The number of nitrogens with one attached hydrogen (secondary N) is 1. The molecule has 1 saturated heterocycles. The SMILES string of the molecule is C[C@@H](c1ccccc1)N1C(=O)[C@@H]2CCCN2c2ccc([N+](=O)[O-])cc2[C@H]1C(=O)NC(C)(C)C. The molecule has 0 bridgehead atoms. The third-order valence-corrected chi connectivity index (χ3v) is 6.34. The van der Waals surface area contributed by atoms with E-state index in [1.807, 2.05) is 62.9 Å². The zero-order chi connectivity index (χ0) is 23.9. The molecule has 4 rings (SSSR count). The number of carbonyl (C=O) groups is 2. The van der Waals surface area contributed by atoms with Gasteiger partial charge >= 0.3 is 0 Å². The molecule has 2 aromatic carbocycles. The number of carbonyl (C=O) groups excluding carboxylic acids is 2. The van der Waals surface area contributed by atoms with Crippen LogP contribution in [0.2, 0.25) is 0 Å². The Morgan fingerprint density at radius 2 is 1.88 bits per heavy atom. The summed E-state index contributed by atoms with van der Waals surface area (Å²) in [4.78, 5) is 42.5. The number of benzene rings is 2. The highest BCUT2D eigenvalue weighted by Crippen LogP contribution is 2.44. The summed E-state index contributed by atoms with van der Waals surface area (Å²) >= 11 is 0. The van der Waals surface area contributed by atoms with Crippen LogP contribution in [0.1, 0.15) is 63.7 Å². The molecule has 33 heavy (non-hydrogen) atoms. The third kappa shape index (κ3) is 4.29. The van der Waals surface area contributed by atoms with Crippen molar-refractivity contribution in [1.82, 2.24) is 10.2 Å². The van der Waals surface area contributed by atoms with Crippen LogP contribution in [0.5, 0.6) is 0 Å². The topological polar surface area (TPSA) is 95.8 Å². The monoisotopic (exact) mass is 450 g/mol. The summed E-state index contributed by atoms with van der Waals surface area (Å²) in [5.41, 5.74) is 1.47. The number of nitro benzene ring substituents is 1. The predicted molar refractivity (Wildman–Crippen MR) is 126 cm³/mol. The number of non-ortho nitro benzene ring substituents is 1. The molecule has 0 aromatic heterocycles. The first-order valence-corrected chi connectivity index (χ1v) is 11.3. The summed E-state index contributed by atoms with van der Waals surface area (Å²) in [6.07, 6.45) is 1.53. The molecule has 2 aliphatic rings. The van der Waals surface area contributed by atoms with Crippen LogP contribution in [-0.4, -0.2) is 39.8 Å². The van der Waals surface area contributed by atoms with Gasteiger partial charge in [0.25, 0.3) is 5.69 Å². The van der Waals surface area contributed by atoms with Crippen molar-refractivity contribution in [3.05, 3.63) is 69.8 Å². The summed E-state index contributed by atoms with van der Waals surface area (Å²) in [5, 5.41) is 14.6. The first-order chi connectivity index (χ1) is 15.6. The van der Waals surface area contributed by atoms with Gasteiger partial charge in [-0.3, -0.25) is 19.7 Å². The van der Waals surface area contributed by atoms with E-state index in [0.717, 1.165) is 12.0 Å². The highest BCUT2D eigenvalue weighted by molar-refractivity contribution is 5.96. The van der Waals surface area contributed by atoms with Crippen molar-refractivity contribution in [3.63, 3.8) is 0 Å². The number of hydrogen-bond acceptors (Lipinski definition) is 5. The lowest BCUT2D eigenvalue weighted by molar-refractivity contribution is -0.384. The van der Waals surface area contributed by atoms with Crippen molar-refractivity contribution in [3.8, 4) is 0 Å². The predicted octanol–water partition coefficient (Wildman–Crippen LogP) is 4.12. The van der Waals surface area contributed by atoms with E-state index in [2.05, 4.69) is 5.32 Å². The van der Waals surface area contributed by atoms with E-state index < -0.39 is 28.6 Å². The van der Waals surface area contributed by atoms with E-state index in [9.17, 15) is 19.7 Å². The normalized spacial score (nSPS) is 21.2. The summed E-state index contributed by atoms with van der Waals surface area (Å²) in [5.74, 6) is -0.474. The number of nitrogens with zero attached hydrogens (tertiary/aromatic N) is 3. The van der Waals surface area contributed by atoms with Crippen LogP contribution in [0.4, 0.5) is 11.4 Å². The van der Waals surface area contributed by atoms with Gasteiger partial charge in [0.15, 0.2) is 0 Å². The lowest BCUT2D eigenvalue weighted by atomic mass is 9.96. The molecule has 8 nitrogen and oxygen atoms in total. The van der Waals surface area contributed by atoms with Gasteiger partial charge in [-0.2, -0.15) is 0 Å². The summed E-state index contributed by atoms with van der Waals surface area (Å²) in [6.45, 7) is 8.21. The van der Waals surface area contributed by atoms with Crippen LogP contribution < -0.4 is 10.2 Å². The second-order valence-corrected chi connectivity index (χ2v) is 9.83. The average molecular weight is 451 g/mol. The molecule has 2 aromatic rings. The minimum Gasteiger partial charge on any atom is -0.359 e. The Bertz CT molecular complexity index is 1080. The molecule has 0 aliphatic carbocycles. The maximum absolute atomic E-state index is 14.0. The van der Waals surface area contributed by atoms with Gasteiger partial charge in [-0.1, -0.05) is 30.3 Å². The summed E-state index contributed by atoms with van der Waals surface area (Å²) in [7, 11) is 0. The molecule has 1 fully saturated rings. The van der Waals surface area contributed by atoms with Crippen LogP contribution in [0, 0.1) is 10.1 Å². The number of hydrogen-bond donors (Lipinski definition) is 1. The molecule has 1 N–H and O–H groups in total. The maximum Gasteiger partial charge on any atom is 0.269 e. The van der Waals surface area contributed by atoms with Crippen molar-refractivity contribution < 1.29 is 14.5 Å². The van der Waals surface area contributed by atoms with E-state index >= 15 is 0 Å². The molecule has 0 saturated carbocycles. The lowest BCUT2D eigenvalue weighted by Crippen LogP contribution is -2.51. The highest BCUT2D eigenvalue weighted by atomic mass is 16.6. The molecule has 8 heteroatoms. The van der Waals surface area contributed by atoms with Crippen molar-refractivity contribution in [2.45, 2.75) is 64.2 Å². The molecule has 174 valence electrons. The fourth-order valence-electron chi connectivity index (χ4n) is 4.91. The van der Waals surface area contributed by atoms with Crippen molar-refractivity contribution in [1.29, 1.82) is 0 Å². The average Bonchev–Trinajstić information content (AvgIpc) is 3.22. The molecular formula is C25H30N4O4. The molecule has 0 radical (unpaired) electrons. The molecule has 2 heterocycles. The number of fused-ring (bicyclic) bond motifs is 3.